The number of hydrogen-bond donors (Lipinski definition) is 1. The zero-order valence-corrected chi connectivity index (χ0v) is 42.5. The molecule has 0 aromatic heterocycles. The van der Waals surface area contributed by atoms with E-state index in [1.54, 1.807) is 69.5 Å². The number of rotatable bonds is 15. The van der Waals surface area contributed by atoms with Gasteiger partial charge in [-0.3, -0.25) is 28.8 Å². The molecule has 0 radical (unpaired) electrons. The summed E-state index contributed by atoms with van der Waals surface area (Å²) < 4.78 is 50.7. The number of methoxy groups -OCH3 is 1. The molecule has 2 aliphatic heterocycles. The van der Waals surface area contributed by atoms with Crippen LogP contribution in [0.3, 0.4) is 0 Å². The first kappa shape index (κ1) is 55.7. The van der Waals surface area contributed by atoms with E-state index in [1.165, 1.54) is 41.5 Å². The van der Waals surface area contributed by atoms with Gasteiger partial charge >= 0.3 is 35.8 Å². The monoisotopic (exact) mass is 1020 g/mol. The van der Waals surface area contributed by atoms with Crippen LogP contribution < -0.4 is 4.74 Å². The predicted octanol–water partition coefficient (Wildman–Crippen LogP) is 8.58. The SMILES string of the molecule is CC(=O)OC[C@H]1O[C@@H](c2ccc(Cl)c(Cc3ccc(O)cc3)c2)[C@H](OC(C)=O)[C@@H](OC(C)=O)[C@@H]1C.COc1ccc(Cc2cc([C@@H]3O[C@H](COC(C)=O)[C@@H](C)[C@H](OC(C)=O)[C@H]3OC(C)=O)ccc2Cl)cc1. The molecule has 382 valence electrons. The number of aromatic hydroxyl groups is 1. The highest BCUT2D eigenvalue weighted by Gasteiger charge is 2.50. The Labute approximate surface area is 423 Å². The average molecular weight is 1020 g/mol. The molecule has 0 spiro atoms. The van der Waals surface area contributed by atoms with Crippen LogP contribution in [0, 0.1) is 11.8 Å². The second kappa shape index (κ2) is 25.8. The third-order valence-corrected chi connectivity index (χ3v) is 12.6. The van der Waals surface area contributed by atoms with E-state index in [4.69, 9.17) is 65.8 Å². The summed E-state index contributed by atoms with van der Waals surface area (Å²) in [4.78, 5) is 70.7. The molecule has 16 nitrogen and oxygen atoms in total. The van der Waals surface area contributed by atoms with Crippen LogP contribution >= 0.6 is 23.2 Å². The number of hydrogen-bond acceptors (Lipinski definition) is 16. The Morgan fingerprint density at radius 2 is 0.859 bits per heavy atom. The fraction of sp³-hybridized carbons (Fsp3) is 0.434. The minimum absolute atomic E-state index is 0.0378. The predicted molar refractivity (Wildman–Crippen MR) is 259 cm³/mol. The summed E-state index contributed by atoms with van der Waals surface area (Å²) in [7, 11) is 1.61. The highest BCUT2D eigenvalue weighted by Crippen LogP contribution is 2.42. The molecule has 0 saturated carbocycles. The van der Waals surface area contributed by atoms with Gasteiger partial charge in [-0.05, 0) is 82.6 Å². The standard InChI is InChI=1S/C27H31ClO8.C26H29ClO8/c1-15-24(14-33-16(2)29)36-26(27(35-18(4)31)25(15)34-17(3)30)20-8-11-23(28)21(13-20)12-19-6-9-22(32-5)10-7-19;1-14-23(13-32-15(2)28)35-25(26(34-17(4)30)24(14)33-16(3)29)19-7-10-22(27)20(12-19)11-18-5-8-21(31)9-6-18/h6-11,13,15,24-27H,12,14H2,1-5H3;5-10,12,14,23-26,31H,11,13H2,1-4H3/t15-,24-,25+,26+,27-;14-,23-,24+,25+,26-/m11/s1. The molecule has 18 heteroatoms. The lowest BCUT2D eigenvalue weighted by Crippen LogP contribution is -2.54. The first-order valence-electron chi connectivity index (χ1n) is 22.9. The lowest BCUT2D eigenvalue weighted by molar-refractivity contribution is -0.232. The number of phenolic OH excluding ortho intramolecular Hbond substituents is 1. The van der Waals surface area contributed by atoms with Crippen molar-refractivity contribution in [3.05, 3.63) is 128 Å². The van der Waals surface area contributed by atoms with Gasteiger partial charge < -0.3 is 47.7 Å². The van der Waals surface area contributed by atoms with Crippen LogP contribution in [0.2, 0.25) is 10.0 Å². The molecule has 0 amide bonds. The summed E-state index contributed by atoms with van der Waals surface area (Å²) in [5, 5.41) is 10.6. The van der Waals surface area contributed by atoms with Gasteiger partial charge in [-0.15, -0.1) is 0 Å². The van der Waals surface area contributed by atoms with Crippen LogP contribution in [0.15, 0.2) is 84.9 Å². The smallest absolute Gasteiger partial charge is 0.303 e. The Hall–Kier alpha value is -6.20. The molecule has 2 aliphatic rings. The van der Waals surface area contributed by atoms with E-state index in [0.29, 0.717) is 34.0 Å². The fourth-order valence-electron chi connectivity index (χ4n) is 8.45. The second-order valence-electron chi connectivity index (χ2n) is 17.4. The molecule has 0 aliphatic carbocycles. The van der Waals surface area contributed by atoms with Crippen molar-refractivity contribution in [2.75, 3.05) is 20.3 Å². The van der Waals surface area contributed by atoms with Crippen LogP contribution in [-0.4, -0.2) is 97.9 Å². The molecule has 2 heterocycles. The van der Waals surface area contributed by atoms with E-state index >= 15 is 0 Å². The maximum absolute atomic E-state index is 12.0. The first-order valence-corrected chi connectivity index (χ1v) is 23.6. The second-order valence-corrected chi connectivity index (χ2v) is 18.2. The van der Waals surface area contributed by atoms with Crippen LogP contribution in [0.4, 0.5) is 0 Å². The molecule has 2 saturated heterocycles. The zero-order chi connectivity index (χ0) is 52.1. The summed E-state index contributed by atoms with van der Waals surface area (Å²) in [6.07, 6.45) is -5.27. The molecule has 4 aromatic rings. The first-order chi connectivity index (χ1) is 33.6. The van der Waals surface area contributed by atoms with E-state index in [-0.39, 0.29) is 19.0 Å². The molecular weight excluding hydrogens is 963 g/mol. The summed E-state index contributed by atoms with van der Waals surface area (Å²) in [6, 6.07) is 25.2. The van der Waals surface area contributed by atoms with Crippen LogP contribution in [-0.2, 0) is 79.5 Å². The Kier molecular flexibility index (Phi) is 20.2. The average Bonchev–Trinajstić information content (AvgIpc) is 3.30. The summed E-state index contributed by atoms with van der Waals surface area (Å²) in [6.45, 7) is 11.2. The van der Waals surface area contributed by atoms with E-state index in [1.807, 2.05) is 36.4 Å². The topological polar surface area (TPSA) is 206 Å². The maximum atomic E-state index is 12.0. The van der Waals surface area contributed by atoms with Crippen molar-refractivity contribution < 1.29 is 76.5 Å². The van der Waals surface area contributed by atoms with Gasteiger partial charge in [0.25, 0.3) is 0 Å². The molecule has 71 heavy (non-hydrogen) atoms. The van der Waals surface area contributed by atoms with Gasteiger partial charge in [0.1, 0.15) is 49.1 Å². The molecule has 0 bridgehead atoms. The van der Waals surface area contributed by atoms with E-state index in [0.717, 1.165) is 28.0 Å². The van der Waals surface area contributed by atoms with Gasteiger partial charge in [0.05, 0.1) is 19.3 Å². The van der Waals surface area contributed by atoms with Gasteiger partial charge in [0.2, 0.25) is 0 Å². The summed E-state index contributed by atoms with van der Waals surface area (Å²) >= 11 is 13.0. The van der Waals surface area contributed by atoms with Gasteiger partial charge in [0.15, 0.2) is 12.2 Å². The Morgan fingerprint density at radius 1 is 0.507 bits per heavy atom. The highest BCUT2D eigenvalue weighted by atomic mass is 35.5. The Balaban J connectivity index is 0.000000264. The third-order valence-electron chi connectivity index (χ3n) is 11.9. The van der Waals surface area contributed by atoms with Crippen LogP contribution in [0.5, 0.6) is 11.5 Å². The van der Waals surface area contributed by atoms with Gasteiger partial charge in [-0.25, -0.2) is 0 Å². The number of esters is 6. The van der Waals surface area contributed by atoms with Crippen LogP contribution in [0.1, 0.15) is 101 Å². The molecule has 2 fully saturated rings. The lowest BCUT2D eigenvalue weighted by atomic mass is 9.85. The minimum Gasteiger partial charge on any atom is -0.508 e. The van der Waals surface area contributed by atoms with Crippen LogP contribution in [0.25, 0.3) is 0 Å². The molecule has 4 aromatic carbocycles. The van der Waals surface area contributed by atoms with Gasteiger partial charge in [-0.2, -0.15) is 0 Å². The van der Waals surface area contributed by atoms with E-state index in [9.17, 15) is 33.9 Å². The molecule has 1 N–H and O–H groups in total. The fourth-order valence-corrected chi connectivity index (χ4v) is 8.82. The van der Waals surface area contributed by atoms with Crippen molar-refractivity contribution in [3.8, 4) is 11.5 Å². The summed E-state index contributed by atoms with van der Waals surface area (Å²) in [5.41, 5.74) is 4.93. The van der Waals surface area contributed by atoms with Crippen molar-refractivity contribution in [3.63, 3.8) is 0 Å². The lowest BCUT2D eigenvalue weighted by Gasteiger charge is -2.44. The van der Waals surface area contributed by atoms with Crippen molar-refractivity contribution >= 4 is 59.0 Å². The van der Waals surface area contributed by atoms with Gasteiger partial charge in [0, 0.05) is 63.4 Å². The van der Waals surface area contributed by atoms with E-state index < -0.39 is 96.5 Å². The third kappa shape index (κ3) is 15.9. The molecule has 6 rings (SSSR count). The number of halogens is 2. The quantitative estimate of drug-likeness (QED) is 0.0874. The highest BCUT2D eigenvalue weighted by molar-refractivity contribution is 6.31. The van der Waals surface area contributed by atoms with E-state index in [2.05, 4.69) is 0 Å². The number of benzene rings is 4. The van der Waals surface area contributed by atoms with Crippen molar-refractivity contribution in [1.29, 1.82) is 0 Å². The maximum Gasteiger partial charge on any atom is 0.303 e. The number of phenols is 1. The van der Waals surface area contributed by atoms with Crippen molar-refractivity contribution in [2.24, 2.45) is 11.8 Å². The largest absolute Gasteiger partial charge is 0.508 e. The zero-order valence-electron chi connectivity index (χ0n) is 41.0. The molecule has 10 atom stereocenters. The Bertz CT molecular complexity index is 2500. The number of carbonyl (C=O) groups is 6. The number of ether oxygens (including phenoxy) is 9. The minimum atomic E-state index is -0.928. The van der Waals surface area contributed by atoms with Crippen molar-refractivity contribution in [2.45, 2.75) is 117 Å². The van der Waals surface area contributed by atoms with Crippen molar-refractivity contribution in [1.82, 2.24) is 0 Å². The number of carbonyl (C=O) groups excluding carboxylic acids is 6. The Morgan fingerprint density at radius 3 is 1.20 bits per heavy atom. The molecular formula is C53H60Cl2O16. The van der Waals surface area contributed by atoms with Gasteiger partial charge in [-0.1, -0.05) is 85.6 Å². The molecule has 0 unspecified atom stereocenters. The summed E-state index contributed by atoms with van der Waals surface area (Å²) in [5.74, 6) is -2.99. The normalized spacial score (nSPS) is 23.6.